The van der Waals surface area contributed by atoms with Crippen LogP contribution in [0.25, 0.3) is 0 Å². The van der Waals surface area contributed by atoms with E-state index in [1.54, 1.807) is 0 Å². The summed E-state index contributed by atoms with van der Waals surface area (Å²) in [6, 6.07) is 0. The molecule has 3 nitrogen and oxygen atoms in total. The van der Waals surface area contributed by atoms with Crippen LogP contribution in [0.4, 0.5) is 0 Å². The van der Waals surface area contributed by atoms with E-state index in [9.17, 15) is 5.11 Å². The fraction of sp³-hybridized carbons (Fsp3) is 0.793. The number of rotatable bonds is 16. The lowest BCUT2D eigenvalue weighted by atomic mass is 9.91. The van der Waals surface area contributed by atoms with E-state index in [2.05, 4.69) is 20.8 Å². The van der Waals surface area contributed by atoms with E-state index in [4.69, 9.17) is 9.47 Å². The summed E-state index contributed by atoms with van der Waals surface area (Å²) in [5.74, 6) is 1.38. The van der Waals surface area contributed by atoms with Gasteiger partial charge >= 0.3 is 0 Å². The molecule has 1 aromatic carbocycles. The summed E-state index contributed by atoms with van der Waals surface area (Å²) in [5.41, 5.74) is 4.03. The third-order valence-corrected chi connectivity index (χ3v) is 7.26. The van der Waals surface area contributed by atoms with Crippen molar-refractivity contribution in [1.29, 1.82) is 0 Å². The second-order valence-corrected chi connectivity index (χ2v) is 9.96. The lowest BCUT2D eigenvalue weighted by Crippen LogP contribution is -2.30. The highest BCUT2D eigenvalue weighted by Crippen LogP contribution is 2.47. The SMILES string of the molecule is CCCCCCCCCC1Oc2c(C)c(C)c(O)c(C)c2C(CCCCCCCCC)O1. The number of fused-ring (bicyclic) bond motifs is 1. The Hall–Kier alpha value is -1.22. The molecule has 0 amide bonds. The summed E-state index contributed by atoms with van der Waals surface area (Å²) in [6.07, 6.45) is 20.1. The number of phenolic OH excluding ortho intramolecular Hbond substituents is 1. The van der Waals surface area contributed by atoms with Crippen LogP contribution in [-0.4, -0.2) is 11.4 Å². The van der Waals surface area contributed by atoms with Gasteiger partial charge in [-0.05, 0) is 44.7 Å². The van der Waals surface area contributed by atoms with Crippen molar-refractivity contribution in [3.05, 3.63) is 22.3 Å². The molecule has 1 aliphatic rings. The molecule has 2 atom stereocenters. The van der Waals surface area contributed by atoms with Gasteiger partial charge in [-0.2, -0.15) is 0 Å². The monoisotopic (exact) mass is 446 g/mol. The van der Waals surface area contributed by atoms with E-state index >= 15 is 0 Å². The lowest BCUT2D eigenvalue weighted by Gasteiger charge is -2.36. The van der Waals surface area contributed by atoms with Gasteiger partial charge in [0.15, 0.2) is 0 Å². The van der Waals surface area contributed by atoms with E-state index in [0.717, 1.165) is 47.3 Å². The molecule has 184 valence electrons. The van der Waals surface area contributed by atoms with Crippen LogP contribution in [0.2, 0.25) is 0 Å². The predicted octanol–water partition coefficient (Wildman–Crippen LogP) is 9.38. The number of unbranched alkanes of at least 4 members (excludes halogenated alkanes) is 12. The Labute approximate surface area is 198 Å². The van der Waals surface area contributed by atoms with Gasteiger partial charge in [-0.3, -0.25) is 0 Å². The van der Waals surface area contributed by atoms with Crippen molar-refractivity contribution in [1.82, 2.24) is 0 Å². The average molecular weight is 447 g/mol. The number of ether oxygens (including phenoxy) is 2. The van der Waals surface area contributed by atoms with Crippen molar-refractivity contribution in [2.75, 3.05) is 0 Å². The molecule has 2 unspecified atom stereocenters. The van der Waals surface area contributed by atoms with Crippen LogP contribution >= 0.6 is 0 Å². The number of hydrogen-bond donors (Lipinski definition) is 1. The molecule has 32 heavy (non-hydrogen) atoms. The van der Waals surface area contributed by atoms with Crippen molar-refractivity contribution in [2.24, 2.45) is 0 Å². The maximum absolute atomic E-state index is 10.7. The normalized spacial score (nSPS) is 17.9. The number of hydrogen-bond acceptors (Lipinski definition) is 3. The molecule has 0 saturated heterocycles. The average Bonchev–Trinajstić information content (AvgIpc) is 2.79. The quantitative estimate of drug-likeness (QED) is 0.257. The molecular weight excluding hydrogens is 396 g/mol. The fourth-order valence-corrected chi connectivity index (χ4v) is 4.97. The van der Waals surface area contributed by atoms with Crippen LogP contribution in [-0.2, 0) is 4.74 Å². The van der Waals surface area contributed by atoms with E-state index in [1.165, 1.54) is 83.5 Å². The van der Waals surface area contributed by atoms with Crippen molar-refractivity contribution in [3.8, 4) is 11.5 Å². The Balaban J connectivity index is 1.96. The molecule has 1 aliphatic heterocycles. The summed E-state index contributed by atoms with van der Waals surface area (Å²) < 4.78 is 12.9. The highest BCUT2D eigenvalue weighted by atomic mass is 16.7. The van der Waals surface area contributed by atoms with Crippen molar-refractivity contribution in [2.45, 2.75) is 150 Å². The Kier molecular flexibility index (Phi) is 12.5. The zero-order chi connectivity index (χ0) is 23.3. The van der Waals surface area contributed by atoms with Crippen LogP contribution in [0.15, 0.2) is 0 Å². The maximum Gasteiger partial charge on any atom is 0.200 e. The predicted molar refractivity (Wildman–Crippen MR) is 136 cm³/mol. The summed E-state index contributed by atoms with van der Waals surface area (Å²) in [6.45, 7) is 10.6. The fourth-order valence-electron chi connectivity index (χ4n) is 4.97. The van der Waals surface area contributed by atoms with Gasteiger partial charge in [-0.25, -0.2) is 0 Å². The van der Waals surface area contributed by atoms with Crippen LogP contribution in [0.3, 0.4) is 0 Å². The van der Waals surface area contributed by atoms with Crippen LogP contribution < -0.4 is 4.74 Å². The molecule has 0 saturated carbocycles. The molecule has 1 heterocycles. The zero-order valence-electron chi connectivity index (χ0n) is 21.7. The minimum Gasteiger partial charge on any atom is -0.507 e. The first kappa shape index (κ1) is 27.0. The van der Waals surface area contributed by atoms with E-state index in [-0.39, 0.29) is 12.4 Å². The third-order valence-electron chi connectivity index (χ3n) is 7.26. The Bertz CT molecular complexity index is 667. The molecule has 0 spiro atoms. The number of benzene rings is 1. The van der Waals surface area contributed by atoms with Crippen molar-refractivity contribution in [3.63, 3.8) is 0 Å². The maximum atomic E-state index is 10.7. The molecule has 1 N–H and O–H groups in total. The van der Waals surface area contributed by atoms with Gasteiger partial charge in [0.05, 0.1) is 6.10 Å². The van der Waals surface area contributed by atoms with Crippen LogP contribution in [0, 0.1) is 20.8 Å². The minimum atomic E-state index is -0.158. The van der Waals surface area contributed by atoms with Gasteiger partial charge in [0.25, 0.3) is 0 Å². The first-order valence-electron chi connectivity index (χ1n) is 13.7. The lowest BCUT2D eigenvalue weighted by molar-refractivity contribution is -0.147. The third kappa shape index (κ3) is 7.97. The molecule has 0 aromatic heterocycles. The van der Waals surface area contributed by atoms with Gasteiger partial charge in [0.2, 0.25) is 6.29 Å². The Morgan fingerprint density at radius 1 is 0.625 bits per heavy atom. The zero-order valence-corrected chi connectivity index (χ0v) is 21.7. The molecule has 1 aromatic rings. The summed E-state index contributed by atoms with van der Waals surface area (Å²) >= 11 is 0. The van der Waals surface area contributed by atoms with Gasteiger partial charge in [0, 0.05) is 17.5 Å². The smallest absolute Gasteiger partial charge is 0.200 e. The minimum absolute atomic E-state index is 0.0362. The summed E-state index contributed by atoms with van der Waals surface area (Å²) in [7, 11) is 0. The molecule has 2 rings (SSSR count). The second-order valence-electron chi connectivity index (χ2n) is 9.96. The number of aromatic hydroxyl groups is 1. The van der Waals surface area contributed by atoms with Crippen molar-refractivity contribution < 1.29 is 14.6 Å². The van der Waals surface area contributed by atoms with Gasteiger partial charge in [0.1, 0.15) is 11.5 Å². The molecular formula is C29H50O3. The Morgan fingerprint density at radius 3 is 1.69 bits per heavy atom. The van der Waals surface area contributed by atoms with E-state index in [0.29, 0.717) is 5.75 Å². The molecule has 0 bridgehead atoms. The molecule has 0 radical (unpaired) electrons. The topological polar surface area (TPSA) is 38.7 Å². The van der Waals surface area contributed by atoms with Crippen LogP contribution in [0.1, 0.15) is 145 Å². The second kappa shape index (κ2) is 14.8. The van der Waals surface area contributed by atoms with Crippen LogP contribution in [0.5, 0.6) is 11.5 Å². The number of phenols is 1. The van der Waals surface area contributed by atoms with E-state index < -0.39 is 0 Å². The van der Waals surface area contributed by atoms with Gasteiger partial charge in [-0.1, -0.05) is 97.3 Å². The highest BCUT2D eigenvalue weighted by molar-refractivity contribution is 5.58. The highest BCUT2D eigenvalue weighted by Gasteiger charge is 2.33. The van der Waals surface area contributed by atoms with Gasteiger partial charge < -0.3 is 14.6 Å². The van der Waals surface area contributed by atoms with Crippen molar-refractivity contribution >= 4 is 0 Å². The van der Waals surface area contributed by atoms with E-state index in [1.807, 2.05) is 13.8 Å². The first-order chi connectivity index (χ1) is 15.5. The molecule has 0 fully saturated rings. The Morgan fingerprint density at radius 2 is 1.12 bits per heavy atom. The van der Waals surface area contributed by atoms with Gasteiger partial charge in [-0.15, -0.1) is 0 Å². The first-order valence-corrected chi connectivity index (χ1v) is 13.7. The molecule has 3 heteroatoms. The summed E-state index contributed by atoms with van der Waals surface area (Å²) in [5, 5.41) is 10.7. The summed E-state index contributed by atoms with van der Waals surface area (Å²) in [4.78, 5) is 0. The molecule has 0 aliphatic carbocycles. The largest absolute Gasteiger partial charge is 0.507 e. The standard InChI is InChI=1S/C29H50O3/c1-6-8-10-12-14-16-18-20-25-27-24(5)28(30)22(3)23(4)29(27)32-26(31-25)21-19-17-15-13-11-9-7-2/h25-26,30H,6-21H2,1-5H3.